The van der Waals surface area contributed by atoms with Crippen LogP contribution in [-0.4, -0.2) is 176 Å². The number of nitrogens with one attached hydrogen (secondary N) is 1. The average Bonchev–Trinajstić information content (AvgIpc) is 2.69. The van der Waals surface area contributed by atoms with Gasteiger partial charge in [-0.2, -0.15) is 33.7 Å². The zero-order chi connectivity index (χ0) is 27.4. The number of nitrogen functional groups attached to an aromatic ring is 1. The van der Waals surface area contributed by atoms with Crippen LogP contribution in [0.25, 0.3) is 10.8 Å². The topological polar surface area (TPSA) is 273 Å². The van der Waals surface area contributed by atoms with Gasteiger partial charge in [-0.15, -0.1) is 0 Å². The van der Waals surface area contributed by atoms with Crippen molar-refractivity contribution in [2.75, 3.05) is 11.1 Å². The maximum atomic E-state index is 12.9. The molecule has 3 aromatic carbocycles. The summed E-state index contributed by atoms with van der Waals surface area (Å²) in [6.07, 6.45) is 0. The van der Waals surface area contributed by atoms with Crippen molar-refractivity contribution >= 4 is 187 Å². The maximum absolute atomic E-state index is 12.9. The summed E-state index contributed by atoms with van der Waals surface area (Å²) >= 11 is 0. The van der Waals surface area contributed by atoms with Gasteiger partial charge in [0.1, 0.15) is 9.79 Å². The molecule has 0 saturated carbocycles. The van der Waals surface area contributed by atoms with Crippen LogP contribution in [-0.2, 0) is 40.5 Å². The Kier molecular flexibility index (Phi) is 16.3. The van der Waals surface area contributed by atoms with Crippen LogP contribution >= 0.6 is 0 Å². The Morgan fingerprint density at radius 2 is 1.07 bits per heavy atom. The van der Waals surface area contributed by atoms with E-state index in [1.54, 1.807) is 0 Å². The Morgan fingerprint density at radius 3 is 1.50 bits per heavy atom. The van der Waals surface area contributed by atoms with Crippen molar-refractivity contribution in [1.29, 1.82) is 0 Å². The van der Waals surface area contributed by atoms with Crippen molar-refractivity contribution in [3.63, 3.8) is 0 Å². The van der Waals surface area contributed by atoms with Gasteiger partial charge < -0.3 is 11.1 Å². The second-order valence-corrected chi connectivity index (χ2v) is 12.7. The summed E-state index contributed by atoms with van der Waals surface area (Å²) in [4.78, 5) is 8.62. The standard InChI is InChI=1S/C17H14N2O13S4.4Na.4H/c18-9-1-2-12(14(5-9)35(27,28)29)17(20)19-13-6-10(33(21,22)23)3-8-4-11(34(24,25)26)7-15(16(8)13)36(30,31)32;;;;;;;;/h1-7H,18H2,(H,19,20)(H,21,22,23)(H,24,25,26)(H,27,28,29)(H,30,31,32);;;;;;;;. The number of rotatable bonds is 6. The number of hydrogen-bond acceptors (Lipinski definition) is 10. The summed E-state index contributed by atoms with van der Waals surface area (Å²) in [7, 11) is -20.5. The third-order valence-electron chi connectivity index (χ3n) is 4.61. The molecule has 3 aromatic rings. The molecule has 0 fully saturated rings. The third-order valence-corrected chi connectivity index (χ3v) is 8.04. The molecule has 7 N–H and O–H groups in total. The molecule has 0 unspecified atom stereocenters. The second-order valence-electron chi connectivity index (χ2n) is 7.10. The molecular formula is C17H18N2Na4O13S4. The molecule has 0 spiro atoms. The molecule has 0 aromatic heterocycles. The first kappa shape index (κ1) is 43.0. The van der Waals surface area contributed by atoms with E-state index in [-0.39, 0.29) is 124 Å². The summed E-state index contributed by atoms with van der Waals surface area (Å²) in [6.45, 7) is 0. The van der Waals surface area contributed by atoms with Crippen LogP contribution in [0.3, 0.4) is 0 Å². The zero-order valence-corrected chi connectivity index (χ0v) is 20.5. The van der Waals surface area contributed by atoms with E-state index in [9.17, 15) is 56.7 Å². The minimum absolute atomic E-state index is 0. The van der Waals surface area contributed by atoms with Crippen LogP contribution in [0.1, 0.15) is 10.4 Å². The Bertz CT molecular complexity index is 1890. The van der Waals surface area contributed by atoms with Gasteiger partial charge in [0, 0.05) is 11.1 Å². The number of fused-ring (bicyclic) bond motifs is 1. The first-order valence-corrected chi connectivity index (χ1v) is 14.7. The Hall–Kier alpha value is 0.830. The van der Waals surface area contributed by atoms with Gasteiger partial charge >= 0.3 is 118 Å². The third kappa shape index (κ3) is 10.2. The monoisotopic (exact) mass is 678 g/mol. The van der Waals surface area contributed by atoms with Crippen LogP contribution in [0.5, 0.6) is 0 Å². The molecule has 202 valence electrons. The van der Waals surface area contributed by atoms with E-state index in [4.69, 9.17) is 5.73 Å². The Labute approximate surface area is 317 Å². The summed E-state index contributed by atoms with van der Waals surface area (Å²) in [5.74, 6) is -1.36. The second kappa shape index (κ2) is 15.2. The number of amides is 1. The Morgan fingerprint density at radius 1 is 0.625 bits per heavy atom. The van der Waals surface area contributed by atoms with Crippen molar-refractivity contribution in [3.05, 3.63) is 48.0 Å². The van der Waals surface area contributed by atoms with Crippen LogP contribution in [0.2, 0.25) is 0 Å². The van der Waals surface area contributed by atoms with E-state index in [0.29, 0.717) is 24.3 Å². The van der Waals surface area contributed by atoms with E-state index in [0.717, 1.165) is 18.2 Å². The number of anilines is 2. The molecule has 0 aliphatic rings. The van der Waals surface area contributed by atoms with E-state index >= 15 is 0 Å². The minimum atomic E-state index is -5.31. The molecule has 15 nitrogen and oxygen atoms in total. The van der Waals surface area contributed by atoms with Crippen molar-refractivity contribution in [1.82, 2.24) is 0 Å². The number of hydrogen-bond donors (Lipinski definition) is 6. The summed E-state index contributed by atoms with van der Waals surface area (Å²) in [5, 5.41) is 0.697. The average molecular weight is 679 g/mol. The van der Waals surface area contributed by atoms with E-state index in [1.165, 1.54) is 0 Å². The normalized spacial score (nSPS) is 11.7. The fourth-order valence-corrected chi connectivity index (χ4v) is 5.80. The summed E-state index contributed by atoms with van der Waals surface area (Å²) < 4.78 is 132. The number of benzene rings is 3. The number of nitrogens with two attached hydrogens (primary N) is 1. The van der Waals surface area contributed by atoms with Crippen LogP contribution in [0.15, 0.2) is 62.0 Å². The number of carbonyl (C=O) groups excluding carboxylic acids is 1. The molecule has 40 heavy (non-hydrogen) atoms. The quantitative estimate of drug-likeness (QED) is 0.0941. The predicted molar refractivity (Wildman–Crippen MR) is 151 cm³/mol. The van der Waals surface area contributed by atoms with E-state index in [1.807, 2.05) is 5.32 Å². The molecule has 0 bridgehead atoms. The van der Waals surface area contributed by atoms with Gasteiger partial charge in [-0.25, -0.2) is 0 Å². The van der Waals surface area contributed by atoms with Gasteiger partial charge in [-0.05, 0) is 47.9 Å². The molecule has 23 heteroatoms. The van der Waals surface area contributed by atoms with Crippen LogP contribution < -0.4 is 11.1 Å². The first-order valence-electron chi connectivity index (χ1n) is 8.92. The van der Waals surface area contributed by atoms with Gasteiger partial charge in [0.05, 0.1) is 21.0 Å². The van der Waals surface area contributed by atoms with Gasteiger partial charge in [0.2, 0.25) is 0 Å². The molecular weight excluding hydrogens is 660 g/mol. The SMILES string of the molecule is Nc1ccc(C(=O)Nc2cc(S(=O)(=O)O)cc3cc(S(=O)(=O)O)cc(S(=O)(=O)O)c23)c(S(=O)(=O)O)c1.[NaH].[NaH].[NaH].[NaH]. The molecule has 0 aliphatic heterocycles. The first-order chi connectivity index (χ1) is 16.2. The van der Waals surface area contributed by atoms with E-state index < -0.39 is 88.0 Å². The van der Waals surface area contributed by atoms with Gasteiger partial charge in [0.15, 0.2) is 0 Å². The molecule has 0 atom stereocenters. The van der Waals surface area contributed by atoms with Crippen LogP contribution in [0.4, 0.5) is 11.4 Å². The van der Waals surface area contributed by atoms with Gasteiger partial charge in [-0.1, -0.05) is 0 Å². The van der Waals surface area contributed by atoms with Gasteiger partial charge in [-0.3, -0.25) is 23.0 Å². The molecule has 3 rings (SSSR count). The molecule has 0 aliphatic carbocycles. The van der Waals surface area contributed by atoms with Crippen LogP contribution in [0, 0.1) is 0 Å². The Balaban J connectivity index is 0. The van der Waals surface area contributed by atoms with Gasteiger partial charge in [0.25, 0.3) is 46.4 Å². The fraction of sp³-hybridized carbons (Fsp3) is 0. The molecule has 1 amide bonds. The predicted octanol–water partition coefficient (Wildman–Crippen LogP) is -1.93. The van der Waals surface area contributed by atoms with Crippen molar-refractivity contribution in [2.24, 2.45) is 0 Å². The molecule has 0 radical (unpaired) electrons. The summed E-state index contributed by atoms with van der Waals surface area (Å²) in [5.41, 5.74) is 3.79. The van der Waals surface area contributed by atoms with E-state index in [2.05, 4.69) is 0 Å². The van der Waals surface area contributed by atoms with Crippen molar-refractivity contribution < 1.29 is 56.7 Å². The molecule has 0 heterocycles. The number of carbonyl (C=O) groups is 1. The zero-order valence-electron chi connectivity index (χ0n) is 17.2. The summed E-state index contributed by atoms with van der Waals surface area (Å²) in [6, 6.07) is 4.65. The fourth-order valence-electron chi connectivity index (χ4n) is 3.15. The van der Waals surface area contributed by atoms with Crippen molar-refractivity contribution in [3.8, 4) is 0 Å². The van der Waals surface area contributed by atoms with Crippen molar-refractivity contribution in [2.45, 2.75) is 19.6 Å². The molecule has 0 saturated heterocycles.